The molecule has 7 nitrogen and oxygen atoms in total. The first kappa shape index (κ1) is 17.1. The fourth-order valence-electron chi connectivity index (χ4n) is 3.89. The number of carbonyl (C=O) groups excluding carboxylic acids is 1. The van der Waals surface area contributed by atoms with Crippen molar-refractivity contribution in [2.45, 2.75) is 38.0 Å². The van der Waals surface area contributed by atoms with Gasteiger partial charge in [-0.15, -0.1) is 0 Å². The van der Waals surface area contributed by atoms with Gasteiger partial charge in [-0.05, 0) is 37.8 Å². The molecule has 0 aliphatic carbocycles. The van der Waals surface area contributed by atoms with E-state index < -0.39 is 0 Å². The molecule has 4 heterocycles. The molecule has 26 heavy (non-hydrogen) atoms. The summed E-state index contributed by atoms with van der Waals surface area (Å²) in [6.07, 6.45) is 6.94. The van der Waals surface area contributed by atoms with Crippen molar-refractivity contribution in [3.8, 4) is 11.5 Å². The van der Waals surface area contributed by atoms with Crippen LogP contribution in [0.2, 0.25) is 0 Å². The zero-order valence-electron chi connectivity index (χ0n) is 15.1. The Morgan fingerprint density at radius 2 is 2.04 bits per heavy atom. The van der Waals surface area contributed by atoms with Crippen molar-refractivity contribution in [2.24, 2.45) is 5.92 Å². The van der Waals surface area contributed by atoms with Crippen LogP contribution in [-0.2, 0) is 14.9 Å². The van der Waals surface area contributed by atoms with E-state index in [1.54, 1.807) is 12.4 Å². The predicted molar refractivity (Wildman–Crippen MR) is 94.2 cm³/mol. The largest absolute Gasteiger partial charge is 0.381 e. The van der Waals surface area contributed by atoms with Gasteiger partial charge in [0.1, 0.15) is 0 Å². The summed E-state index contributed by atoms with van der Waals surface area (Å²) in [5.41, 5.74) is 0.571. The van der Waals surface area contributed by atoms with Crippen LogP contribution in [0.4, 0.5) is 0 Å². The molecule has 4 rings (SSSR count). The average molecular weight is 356 g/mol. The molecule has 7 heteroatoms. The first-order valence-corrected chi connectivity index (χ1v) is 9.27. The van der Waals surface area contributed by atoms with Crippen LogP contribution in [0, 0.1) is 5.92 Å². The van der Waals surface area contributed by atoms with Crippen LogP contribution in [0.15, 0.2) is 29.0 Å². The molecule has 138 valence electrons. The van der Waals surface area contributed by atoms with E-state index in [1.165, 1.54) is 0 Å². The second-order valence-electron chi connectivity index (χ2n) is 7.47. The number of pyridine rings is 1. The number of carbonyl (C=O) groups is 1. The van der Waals surface area contributed by atoms with Crippen molar-refractivity contribution in [3.63, 3.8) is 0 Å². The molecule has 1 atom stereocenters. The Bertz CT molecular complexity index is 757. The maximum Gasteiger partial charge on any atom is 0.258 e. The lowest BCUT2D eigenvalue weighted by atomic mass is 9.80. The van der Waals surface area contributed by atoms with Gasteiger partial charge in [0.25, 0.3) is 5.89 Å². The molecule has 1 unspecified atom stereocenters. The maximum absolute atomic E-state index is 12.9. The first-order chi connectivity index (χ1) is 12.7. The summed E-state index contributed by atoms with van der Waals surface area (Å²) < 4.78 is 10.9. The summed E-state index contributed by atoms with van der Waals surface area (Å²) in [4.78, 5) is 23.5. The van der Waals surface area contributed by atoms with Gasteiger partial charge in [0, 0.05) is 55.6 Å². The van der Waals surface area contributed by atoms with Gasteiger partial charge in [0.2, 0.25) is 5.91 Å². The molecular weight excluding hydrogens is 332 g/mol. The van der Waals surface area contributed by atoms with Crippen LogP contribution < -0.4 is 0 Å². The van der Waals surface area contributed by atoms with E-state index >= 15 is 0 Å². The number of hydrogen-bond acceptors (Lipinski definition) is 6. The quantitative estimate of drug-likeness (QED) is 0.840. The number of amides is 1. The summed E-state index contributed by atoms with van der Waals surface area (Å²) in [5.74, 6) is 1.51. The van der Waals surface area contributed by atoms with Crippen LogP contribution in [-0.4, -0.2) is 52.2 Å². The molecule has 2 aliphatic rings. The standard InChI is InChI=1S/C19H24N4O3/c1-19(18-21-16(26-22-18)14-3-8-20-9-4-14)7-2-10-23(13-19)17(24)15-5-11-25-12-6-15/h3-4,8-9,15H,2,5-7,10-13H2,1H3. The summed E-state index contributed by atoms with van der Waals surface area (Å²) in [6.45, 7) is 4.93. The fourth-order valence-corrected chi connectivity index (χ4v) is 3.89. The normalized spacial score (nSPS) is 24.6. The van der Waals surface area contributed by atoms with Crippen molar-refractivity contribution in [1.29, 1.82) is 0 Å². The first-order valence-electron chi connectivity index (χ1n) is 9.27. The van der Waals surface area contributed by atoms with Crippen LogP contribution >= 0.6 is 0 Å². The van der Waals surface area contributed by atoms with Crippen LogP contribution in [0.1, 0.15) is 38.4 Å². The third kappa shape index (κ3) is 3.35. The van der Waals surface area contributed by atoms with Crippen LogP contribution in [0.25, 0.3) is 11.5 Å². The monoisotopic (exact) mass is 356 g/mol. The predicted octanol–water partition coefficient (Wildman–Crippen LogP) is 2.44. The number of rotatable bonds is 3. The summed E-state index contributed by atoms with van der Waals surface area (Å²) >= 11 is 0. The van der Waals surface area contributed by atoms with E-state index in [9.17, 15) is 4.79 Å². The Morgan fingerprint density at radius 1 is 1.27 bits per heavy atom. The van der Waals surface area contributed by atoms with E-state index in [4.69, 9.17) is 9.26 Å². The molecule has 2 aliphatic heterocycles. The third-order valence-electron chi connectivity index (χ3n) is 5.47. The minimum absolute atomic E-state index is 0.0868. The minimum Gasteiger partial charge on any atom is -0.381 e. The fraction of sp³-hybridized carbons (Fsp3) is 0.579. The van der Waals surface area contributed by atoms with Gasteiger partial charge in [-0.1, -0.05) is 12.1 Å². The molecule has 1 amide bonds. The summed E-state index contributed by atoms with van der Waals surface area (Å²) in [5, 5.41) is 4.23. The highest BCUT2D eigenvalue weighted by atomic mass is 16.5. The highest BCUT2D eigenvalue weighted by Gasteiger charge is 2.40. The molecule has 0 N–H and O–H groups in total. The van der Waals surface area contributed by atoms with E-state index in [0.29, 0.717) is 31.5 Å². The van der Waals surface area contributed by atoms with Gasteiger partial charge >= 0.3 is 0 Å². The van der Waals surface area contributed by atoms with Gasteiger partial charge in [-0.3, -0.25) is 9.78 Å². The van der Waals surface area contributed by atoms with E-state index in [-0.39, 0.29) is 17.2 Å². The van der Waals surface area contributed by atoms with E-state index in [0.717, 1.165) is 37.8 Å². The van der Waals surface area contributed by atoms with Gasteiger partial charge in [0.05, 0.1) is 0 Å². The molecular formula is C19H24N4O3. The van der Waals surface area contributed by atoms with Crippen LogP contribution in [0.3, 0.4) is 0 Å². The van der Waals surface area contributed by atoms with Crippen molar-refractivity contribution >= 4 is 5.91 Å². The lowest BCUT2D eigenvalue weighted by Gasteiger charge is -2.40. The average Bonchev–Trinajstić information content (AvgIpc) is 3.20. The highest BCUT2D eigenvalue weighted by molar-refractivity contribution is 5.79. The summed E-state index contributed by atoms with van der Waals surface area (Å²) in [6, 6.07) is 3.70. The molecule has 0 saturated carbocycles. The molecule has 0 spiro atoms. The van der Waals surface area contributed by atoms with Crippen molar-refractivity contribution in [3.05, 3.63) is 30.4 Å². The Morgan fingerprint density at radius 3 is 2.81 bits per heavy atom. The Hall–Kier alpha value is -2.28. The topological polar surface area (TPSA) is 81.4 Å². The zero-order valence-corrected chi connectivity index (χ0v) is 15.1. The molecule has 0 aromatic carbocycles. The second kappa shape index (κ2) is 7.15. The Kier molecular flexibility index (Phi) is 4.72. The van der Waals surface area contributed by atoms with Crippen molar-refractivity contribution in [1.82, 2.24) is 20.0 Å². The highest BCUT2D eigenvalue weighted by Crippen LogP contribution is 2.34. The Labute approximate surface area is 152 Å². The number of likely N-dealkylation sites (tertiary alicyclic amines) is 1. The maximum atomic E-state index is 12.9. The van der Waals surface area contributed by atoms with Crippen LogP contribution in [0.5, 0.6) is 0 Å². The third-order valence-corrected chi connectivity index (χ3v) is 5.47. The van der Waals surface area contributed by atoms with Gasteiger partial charge in [0.15, 0.2) is 5.82 Å². The number of ether oxygens (including phenoxy) is 1. The lowest BCUT2D eigenvalue weighted by molar-refractivity contribution is -0.140. The molecule has 2 fully saturated rings. The van der Waals surface area contributed by atoms with Gasteiger partial charge in [-0.2, -0.15) is 4.98 Å². The molecule has 2 aromatic heterocycles. The van der Waals surface area contributed by atoms with Gasteiger partial charge in [-0.25, -0.2) is 0 Å². The van der Waals surface area contributed by atoms with Gasteiger partial charge < -0.3 is 14.2 Å². The molecule has 2 aromatic rings. The number of nitrogens with zero attached hydrogens (tertiary/aromatic N) is 4. The molecule has 0 bridgehead atoms. The number of aromatic nitrogens is 3. The number of hydrogen-bond donors (Lipinski definition) is 0. The van der Waals surface area contributed by atoms with Crippen molar-refractivity contribution < 1.29 is 14.1 Å². The summed E-state index contributed by atoms with van der Waals surface area (Å²) in [7, 11) is 0. The Balaban J connectivity index is 1.51. The van der Waals surface area contributed by atoms with E-state index in [1.807, 2.05) is 17.0 Å². The minimum atomic E-state index is -0.284. The van der Waals surface area contributed by atoms with E-state index in [2.05, 4.69) is 22.0 Å². The molecule has 0 radical (unpaired) electrons. The zero-order chi connectivity index (χ0) is 18.0. The second-order valence-corrected chi connectivity index (χ2v) is 7.47. The van der Waals surface area contributed by atoms with Crippen molar-refractivity contribution in [2.75, 3.05) is 26.3 Å². The number of piperidine rings is 1. The SMILES string of the molecule is CC1(c2noc(-c3ccncc3)n2)CCCN(C(=O)C2CCOCC2)C1. The smallest absolute Gasteiger partial charge is 0.258 e. The molecule has 2 saturated heterocycles. The lowest BCUT2D eigenvalue weighted by Crippen LogP contribution is -2.50.